The zero-order chi connectivity index (χ0) is 24.2. The van der Waals surface area contributed by atoms with Gasteiger partial charge < -0.3 is 19.5 Å². The minimum absolute atomic E-state index is 0.0138. The lowest BCUT2D eigenvalue weighted by Gasteiger charge is -2.60. The summed E-state index contributed by atoms with van der Waals surface area (Å²) in [6.45, 7) is 6.68. The Hall–Kier alpha value is -2.83. The predicted molar refractivity (Wildman–Crippen MR) is 133 cm³/mol. The Balaban J connectivity index is 1.59. The van der Waals surface area contributed by atoms with Crippen molar-refractivity contribution in [1.29, 1.82) is 0 Å². The summed E-state index contributed by atoms with van der Waals surface area (Å²) in [5.41, 5.74) is 1.31. The fourth-order valence-electron chi connectivity index (χ4n) is 6.01. The largest absolute Gasteiger partial charge is 0.508 e. The molecule has 1 heterocycles. The Morgan fingerprint density at radius 1 is 1.24 bits per heavy atom. The van der Waals surface area contributed by atoms with Gasteiger partial charge in [-0.05, 0) is 55.5 Å². The number of phenolic OH excluding ortho intramolecular Hbond substituents is 1. The summed E-state index contributed by atoms with van der Waals surface area (Å²) in [5.74, 6) is 0.253. The second-order valence-corrected chi connectivity index (χ2v) is 9.65. The number of carbonyl (C=O) groups is 1. The van der Waals surface area contributed by atoms with Crippen molar-refractivity contribution in [3.63, 3.8) is 0 Å². The van der Waals surface area contributed by atoms with Crippen molar-refractivity contribution in [2.75, 3.05) is 33.8 Å². The number of hydrogen-bond acceptors (Lipinski definition) is 5. The molecule has 4 rings (SSSR count). The Kier molecular flexibility index (Phi) is 7.29. The summed E-state index contributed by atoms with van der Waals surface area (Å²) in [6.07, 6.45) is 4.90. The molecule has 0 radical (unpaired) electrons. The van der Waals surface area contributed by atoms with E-state index in [2.05, 4.69) is 17.5 Å². The summed E-state index contributed by atoms with van der Waals surface area (Å²) in [6, 6.07) is 17.3. The number of carbonyl (C=O) groups excluding carboxylic acids is 1. The molecule has 2 aromatic rings. The maximum atomic E-state index is 13.0. The second-order valence-electron chi connectivity index (χ2n) is 9.65. The van der Waals surface area contributed by atoms with Gasteiger partial charge in [0, 0.05) is 38.7 Å². The molecule has 1 saturated heterocycles. The quantitative estimate of drug-likeness (QED) is 0.601. The molecule has 1 amide bonds. The van der Waals surface area contributed by atoms with E-state index in [1.54, 1.807) is 18.1 Å². The Labute approximate surface area is 202 Å². The zero-order valence-corrected chi connectivity index (χ0v) is 20.3. The molecule has 1 saturated carbocycles. The molecule has 2 aromatic carbocycles. The lowest BCUT2D eigenvalue weighted by atomic mass is 9.55. The van der Waals surface area contributed by atoms with Gasteiger partial charge in [0.25, 0.3) is 0 Å². The van der Waals surface area contributed by atoms with Crippen molar-refractivity contribution >= 4 is 6.09 Å². The lowest BCUT2D eigenvalue weighted by Crippen LogP contribution is -2.68. The fourth-order valence-corrected chi connectivity index (χ4v) is 6.01. The van der Waals surface area contributed by atoms with Gasteiger partial charge in [-0.3, -0.25) is 4.90 Å². The smallest absolute Gasteiger partial charge is 0.410 e. The molecule has 2 fully saturated rings. The van der Waals surface area contributed by atoms with E-state index in [0.29, 0.717) is 0 Å². The van der Waals surface area contributed by atoms with Crippen molar-refractivity contribution in [1.82, 2.24) is 9.80 Å². The number of amides is 1. The van der Waals surface area contributed by atoms with Crippen LogP contribution in [-0.4, -0.2) is 66.4 Å². The molecule has 34 heavy (non-hydrogen) atoms. The Morgan fingerprint density at radius 2 is 2.03 bits per heavy atom. The summed E-state index contributed by atoms with van der Waals surface area (Å²) in [5, 5.41) is 10.3. The lowest BCUT2D eigenvalue weighted by molar-refractivity contribution is -0.152. The first-order chi connectivity index (χ1) is 16.4. The molecule has 1 aliphatic heterocycles. The number of aromatic hydroxyl groups is 1. The normalized spacial score (nSPS) is 26.9. The van der Waals surface area contributed by atoms with Gasteiger partial charge in [0.2, 0.25) is 0 Å². The van der Waals surface area contributed by atoms with Crippen molar-refractivity contribution in [3.05, 3.63) is 78.4 Å². The van der Waals surface area contributed by atoms with Crippen LogP contribution in [0.15, 0.2) is 67.3 Å². The summed E-state index contributed by atoms with van der Waals surface area (Å²) < 4.78 is 12.0. The van der Waals surface area contributed by atoms with Gasteiger partial charge in [0.15, 0.2) is 0 Å². The molecule has 3 atom stereocenters. The fraction of sp³-hybridized carbons (Fsp3) is 0.464. The summed E-state index contributed by atoms with van der Waals surface area (Å²) >= 11 is 0. The molecule has 1 N–H and O–H groups in total. The Bertz CT molecular complexity index is 997. The third-order valence-electron chi connectivity index (χ3n) is 7.89. The minimum Gasteiger partial charge on any atom is -0.508 e. The van der Waals surface area contributed by atoms with Gasteiger partial charge in [0.1, 0.15) is 12.4 Å². The van der Waals surface area contributed by atoms with Crippen LogP contribution in [0.25, 0.3) is 0 Å². The number of methoxy groups -OCH3 is 1. The molecule has 0 aromatic heterocycles. The first-order valence-electron chi connectivity index (χ1n) is 12.0. The highest BCUT2D eigenvalue weighted by Crippen LogP contribution is 2.54. The van der Waals surface area contributed by atoms with Gasteiger partial charge in [-0.15, -0.1) is 6.58 Å². The van der Waals surface area contributed by atoms with Gasteiger partial charge in [-0.1, -0.05) is 48.5 Å². The van der Waals surface area contributed by atoms with Gasteiger partial charge in [-0.2, -0.15) is 0 Å². The van der Waals surface area contributed by atoms with Gasteiger partial charge >= 0.3 is 6.09 Å². The topological polar surface area (TPSA) is 62.2 Å². The monoisotopic (exact) mass is 464 g/mol. The Morgan fingerprint density at radius 3 is 2.74 bits per heavy atom. The van der Waals surface area contributed by atoms with Crippen molar-refractivity contribution < 1.29 is 19.4 Å². The number of fused-ring (bicyclic) bond motifs is 1. The number of piperidine rings is 1. The molecule has 1 aliphatic carbocycles. The van der Waals surface area contributed by atoms with Gasteiger partial charge in [-0.25, -0.2) is 4.79 Å². The third-order valence-corrected chi connectivity index (χ3v) is 7.89. The van der Waals surface area contributed by atoms with Crippen LogP contribution >= 0.6 is 0 Å². The van der Waals surface area contributed by atoms with Crippen molar-refractivity contribution in [2.45, 2.75) is 49.3 Å². The van der Waals surface area contributed by atoms with Crippen LogP contribution in [0, 0.1) is 0 Å². The molecule has 2 aliphatic rings. The third kappa shape index (κ3) is 4.57. The van der Waals surface area contributed by atoms with E-state index in [-0.39, 0.29) is 29.9 Å². The molecular formula is C28H36N2O4. The number of hydrogen-bond donors (Lipinski definition) is 1. The number of nitrogens with zero attached hydrogens (tertiary/aromatic N) is 2. The van der Waals surface area contributed by atoms with Crippen LogP contribution < -0.4 is 0 Å². The zero-order valence-electron chi connectivity index (χ0n) is 20.3. The van der Waals surface area contributed by atoms with E-state index in [9.17, 15) is 9.90 Å². The van der Waals surface area contributed by atoms with Crippen LogP contribution in [0.1, 0.15) is 36.8 Å². The van der Waals surface area contributed by atoms with E-state index >= 15 is 0 Å². The minimum atomic E-state index is -0.409. The first kappa shape index (κ1) is 24.3. The summed E-state index contributed by atoms with van der Waals surface area (Å²) in [4.78, 5) is 17.1. The van der Waals surface area contributed by atoms with E-state index in [1.165, 1.54) is 0 Å². The molecule has 6 heteroatoms. The average molecular weight is 465 g/mol. The standard InChI is InChI=1S/C28H36N2O4/c1-4-16-30-17-15-27(23-11-8-12-25(31)18-23)19-24(13-14-28(27,21-30)33-3)29(2)26(32)34-20-22-9-6-5-7-10-22/h4-12,18,24,31H,1,13-17,19-21H2,2-3H3. The van der Waals surface area contributed by atoms with E-state index < -0.39 is 5.60 Å². The van der Waals surface area contributed by atoms with Crippen molar-refractivity contribution in [3.8, 4) is 5.75 Å². The molecule has 0 spiro atoms. The SMILES string of the molecule is C=CCN1CCC2(c3cccc(O)c3)CC(N(C)C(=O)OCc3ccccc3)CCC2(OC)C1. The number of phenols is 1. The number of ether oxygens (including phenoxy) is 2. The van der Waals surface area contributed by atoms with Gasteiger partial charge in [0.05, 0.1) is 5.60 Å². The van der Waals surface area contributed by atoms with Crippen molar-refractivity contribution in [2.24, 2.45) is 0 Å². The molecular weight excluding hydrogens is 428 g/mol. The highest BCUT2D eigenvalue weighted by atomic mass is 16.6. The van der Waals surface area contributed by atoms with Crippen LogP contribution in [0.2, 0.25) is 0 Å². The highest BCUT2D eigenvalue weighted by Gasteiger charge is 2.59. The van der Waals surface area contributed by atoms with E-state index in [0.717, 1.165) is 56.4 Å². The van der Waals surface area contributed by atoms with Crippen LogP contribution in [0.5, 0.6) is 5.75 Å². The van der Waals surface area contributed by atoms with Crippen LogP contribution in [-0.2, 0) is 21.5 Å². The maximum absolute atomic E-state index is 13.0. The second kappa shape index (κ2) is 10.2. The highest BCUT2D eigenvalue weighted by molar-refractivity contribution is 5.67. The van der Waals surface area contributed by atoms with Crippen LogP contribution in [0.4, 0.5) is 4.79 Å². The van der Waals surface area contributed by atoms with E-state index in [4.69, 9.17) is 9.47 Å². The molecule has 6 nitrogen and oxygen atoms in total. The average Bonchev–Trinajstić information content (AvgIpc) is 2.87. The number of likely N-dealkylation sites (tertiary alicyclic amines) is 1. The maximum Gasteiger partial charge on any atom is 0.410 e. The van der Waals surface area contributed by atoms with Crippen LogP contribution in [0.3, 0.4) is 0 Å². The first-order valence-corrected chi connectivity index (χ1v) is 12.0. The summed E-state index contributed by atoms with van der Waals surface area (Å²) in [7, 11) is 3.63. The number of rotatable bonds is 7. The molecule has 3 unspecified atom stereocenters. The predicted octanol–water partition coefficient (Wildman–Crippen LogP) is 4.73. The number of benzene rings is 2. The molecule has 0 bridgehead atoms. The van der Waals surface area contributed by atoms with E-state index in [1.807, 2.05) is 55.6 Å². The molecule has 182 valence electrons.